The summed E-state index contributed by atoms with van der Waals surface area (Å²) >= 11 is 1.32. The second-order valence-electron chi connectivity index (χ2n) is 6.47. The highest BCUT2D eigenvalue weighted by Gasteiger charge is 2.28. The molecule has 2 aromatic rings. The number of aryl methyl sites for hydroxylation is 2. The lowest BCUT2D eigenvalue weighted by molar-refractivity contribution is 0.0344. The summed E-state index contributed by atoms with van der Waals surface area (Å²) in [6.45, 7) is 8.71. The molecule has 0 unspecified atom stereocenters. The molecule has 10 heteroatoms. The maximum atomic E-state index is 13.0. The number of hydrogen-bond acceptors (Lipinski definition) is 7. The van der Waals surface area contributed by atoms with Crippen molar-refractivity contribution in [3.63, 3.8) is 0 Å². The molecule has 2 aromatic heterocycles. The van der Waals surface area contributed by atoms with Crippen LogP contribution in [0.1, 0.15) is 24.7 Å². The molecule has 0 aliphatic carbocycles. The first kappa shape index (κ1) is 19.4. The Morgan fingerprint density at radius 2 is 2.04 bits per heavy atom. The van der Waals surface area contributed by atoms with Gasteiger partial charge < -0.3 is 4.74 Å². The van der Waals surface area contributed by atoms with Crippen LogP contribution in [0.3, 0.4) is 0 Å². The van der Waals surface area contributed by atoms with Crippen molar-refractivity contribution in [2.75, 3.05) is 32.8 Å². The van der Waals surface area contributed by atoms with Crippen molar-refractivity contribution in [3.05, 3.63) is 27.1 Å². The Hall–Kier alpha value is -1.33. The van der Waals surface area contributed by atoms with Gasteiger partial charge in [-0.05, 0) is 20.3 Å². The van der Waals surface area contributed by atoms with E-state index in [4.69, 9.17) is 4.74 Å². The molecule has 0 spiro atoms. The monoisotopic (exact) mass is 400 g/mol. The van der Waals surface area contributed by atoms with Crippen molar-refractivity contribution in [1.29, 1.82) is 0 Å². The van der Waals surface area contributed by atoms with Crippen molar-refractivity contribution in [1.82, 2.24) is 19.0 Å². The van der Waals surface area contributed by atoms with Gasteiger partial charge in [0.05, 0.1) is 18.9 Å². The summed E-state index contributed by atoms with van der Waals surface area (Å²) in [5, 5.41) is 1.79. The maximum absolute atomic E-state index is 13.0. The van der Waals surface area contributed by atoms with Gasteiger partial charge in [0.2, 0.25) is 10.0 Å². The van der Waals surface area contributed by atoms with Gasteiger partial charge >= 0.3 is 0 Å². The minimum Gasteiger partial charge on any atom is -0.379 e. The Balaban J connectivity index is 1.90. The number of morpholine rings is 1. The molecule has 3 rings (SSSR count). The van der Waals surface area contributed by atoms with Crippen molar-refractivity contribution >= 4 is 26.3 Å². The van der Waals surface area contributed by atoms with E-state index in [9.17, 15) is 13.2 Å². The molecule has 144 valence electrons. The number of sulfonamides is 1. The quantitative estimate of drug-likeness (QED) is 0.770. The Labute approximate surface area is 156 Å². The number of fused-ring (bicyclic) bond motifs is 1. The highest BCUT2D eigenvalue weighted by Crippen LogP contribution is 2.16. The number of hydrogen-bond donors (Lipinski definition) is 1. The Bertz CT molecular complexity index is 945. The number of rotatable bonds is 6. The number of nitrogens with one attached hydrogen (secondary N) is 1. The lowest BCUT2D eigenvalue weighted by Crippen LogP contribution is -2.47. The fraction of sp³-hybridized carbons (Fsp3) is 0.625. The van der Waals surface area contributed by atoms with Gasteiger partial charge in [-0.25, -0.2) is 18.1 Å². The van der Waals surface area contributed by atoms with E-state index >= 15 is 0 Å². The van der Waals surface area contributed by atoms with Crippen LogP contribution in [0.25, 0.3) is 4.96 Å². The molecule has 0 radical (unpaired) electrons. The van der Waals surface area contributed by atoms with Crippen LogP contribution in [-0.2, 0) is 14.8 Å². The minimum absolute atomic E-state index is 0.227. The van der Waals surface area contributed by atoms with Crippen LogP contribution in [0.4, 0.5) is 0 Å². The topological polar surface area (TPSA) is 93.0 Å². The van der Waals surface area contributed by atoms with Crippen LogP contribution in [0, 0.1) is 13.8 Å². The summed E-state index contributed by atoms with van der Waals surface area (Å²) in [5.41, 5.74) is 0.366. The smallest absolute Gasteiger partial charge is 0.279 e. The van der Waals surface area contributed by atoms with Gasteiger partial charge in [-0.2, -0.15) is 0 Å². The average Bonchev–Trinajstić information content (AvgIpc) is 2.95. The lowest BCUT2D eigenvalue weighted by atomic mass is 10.2. The highest BCUT2D eigenvalue weighted by atomic mass is 32.2. The van der Waals surface area contributed by atoms with Crippen LogP contribution < -0.4 is 10.3 Å². The van der Waals surface area contributed by atoms with Gasteiger partial charge in [-0.1, -0.05) is 6.92 Å². The third-order valence-corrected chi connectivity index (χ3v) is 7.13. The zero-order chi connectivity index (χ0) is 18.9. The summed E-state index contributed by atoms with van der Waals surface area (Å²) in [6, 6.07) is -0.277. The van der Waals surface area contributed by atoms with Crippen LogP contribution in [0.2, 0.25) is 0 Å². The van der Waals surface area contributed by atoms with E-state index in [0.29, 0.717) is 36.8 Å². The molecule has 1 aliphatic rings. The molecule has 1 atom stereocenters. The van der Waals surface area contributed by atoms with Crippen molar-refractivity contribution in [2.24, 2.45) is 0 Å². The number of aromatic nitrogens is 2. The van der Waals surface area contributed by atoms with Gasteiger partial charge in [-0.3, -0.25) is 14.1 Å². The third-order valence-electron chi connectivity index (χ3n) is 4.53. The highest BCUT2D eigenvalue weighted by molar-refractivity contribution is 7.89. The summed E-state index contributed by atoms with van der Waals surface area (Å²) < 4.78 is 35.3. The standard InChI is InChI=1S/C16H24N4O4S2/c1-4-13(9-19-5-7-24-8-6-19)18-26(22,23)14-12(3)17-16-20(15(14)21)11(2)10-25-16/h10,13,18H,4-9H2,1-3H3/t13-/m1/s1. The summed E-state index contributed by atoms with van der Waals surface area (Å²) in [6.07, 6.45) is 0.629. The van der Waals surface area contributed by atoms with Gasteiger partial charge in [0.15, 0.2) is 9.86 Å². The van der Waals surface area contributed by atoms with Crippen LogP contribution >= 0.6 is 11.3 Å². The van der Waals surface area contributed by atoms with Crippen LogP contribution in [-0.4, -0.2) is 61.6 Å². The zero-order valence-corrected chi connectivity index (χ0v) is 16.8. The van der Waals surface area contributed by atoms with Crippen molar-refractivity contribution in [3.8, 4) is 0 Å². The predicted octanol–water partition coefficient (Wildman–Crippen LogP) is 0.762. The predicted molar refractivity (Wildman–Crippen MR) is 100 cm³/mol. The average molecular weight is 401 g/mol. The second kappa shape index (κ2) is 7.73. The van der Waals surface area contributed by atoms with Crippen molar-refractivity contribution in [2.45, 2.75) is 38.1 Å². The molecule has 1 fully saturated rings. The first-order valence-corrected chi connectivity index (χ1v) is 11.0. The van der Waals surface area contributed by atoms with Gasteiger partial charge in [0.25, 0.3) is 5.56 Å². The summed E-state index contributed by atoms with van der Waals surface area (Å²) in [5.74, 6) is 0. The SMILES string of the molecule is CC[C@H](CN1CCOCC1)NS(=O)(=O)c1c(C)nc2scc(C)n2c1=O. The Morgan fingerprint density at radius 1 is 1.35 bits per heavy atom. The molecule has 0 saturated carbocycles. The molecular formula is C16H24N4O4S2. The fourth-order valence-electron chi connectivity index (χ4n) is 3.10. The van der Waals surface area contributed by atoms with E-state index < -0.39 is 15.6 Å². The first-order valence-electron chi connectivity index (χ1n) is 8.63. The molecule has 26 heavy (non-hydrogen) atoms. The van der Waals surface area contributed by atoms with Gasteiger partial charge in [0.1, 0.15) is 0 Å². The molecule has 1 saturated heterocycles. The minimum atomic E-state index is -3.97. The van der Waals surface area contributed by atoms with E-state index in [1.54, 1.807) is 19.2 Å². The first-order chi connectivity index (χ1) is 12.3. The van der Waals surface area contributed by atoms with E-state index in [2.05, 4.69) is 14.6 Å². The molecule has 3 heterocycles. The Morgan fingerprint density at radius 3 is 2.69 bits per heavy atom. The van der Waals surface area contributed by atoms with E-state index in [1.807, 2.05) is 6.92 Å². The normalized spacial score (nSPS) is 17.7. The summed E-state index contributed by atoms with van der Waals surface area (Å²) in [4.78, 5) is 19.5. The number of thiazole rings is 1. The van der Waals surface area contributed by atoms with Crippen LogP contribution in [0.5, 0.6) is 0 Å². The molecule has 1 aliphatic heterocycles. The number of ether oxygens (including phenoxy) is 1. The molecule has 0 aromatic carbocycles. The molecule has 0 amide bonds. The largest absolute Gasteiger partial charge is 0.379 e. The maximum Gasteiger partial charge on any atom is 0.279 e. The zero-order valence-electron chi connectivity index (χ0n) is 15.2. The molecule has 8 nitrogen and oxygen atoms in total. The molecule has 1 N–H and O–H groups in total. The van der Waals surface area contributed by atoms with E-state index in [0.717, 1.165) is 13.1 Å². The molecular weight excluding hydrogens is 376 g/mol. The fourth-order valence-corrected chi connectivity index (χ4v) is 5.56. The lowest BCUT2D eigenvalue weighted by Gasteiger charge is -2.30. The van der Waals surface area contributed by atoms with E-state index in [-0.39, 0.29) is 16.6 Å². The van der Waals surface area contributed by atoms with Gasteiger partial charge in [-0.15, -0.1) is 11.3 Å². The second-order valence-corrected chi connectivity index (χ2v) is 8.95. The Kier molecular flexibility index (Phi) is 5.78. The van der Waals surface area contributed by atoms with Crippen LogP contribution in [0.15, 0.2) is 15.1 Å². The summed E-state index contributed by atoms with van der Waals surface area (Å²) in [7, 11) is -3.97. The molecule has 0 bridgehead atoms. The van der Waals surface area contributed by atoms with Gasteiger partial charge in [0, 0.05) is 36.8 Å². The number of nitrogens with zero attached hydrogens (tertiary/aromatic N) is 3. The van der Waals surface area contributed by atoms with E-state index in [1.165, 1.54) is 15.7 Å². The third kappa shape index (κ3) is 3.84. The van der Waals surface area contributed by atoms with Crippen molar-refractivity contribution < 1.29 is 13.2 Å².